The van der Waals surface area contributed by atoms with Crippen molar-refractivity contribution >= 4 is 5.57 Å². The Morgan fingerprint density at radius 2 is 2.06 bits per heavy atom. The largest absolute Gasteiger partial charge is 0.317 e. The molecule has 0 aliphatic heterocycles. The summed E-state index contributed by atoms with van der Waals surface area (Å²) in [6.07, 6.45) is 3.04. The zero-order valence-corrected chi connectivity index (χ0v) is 11.2. The van der Waals surface area contributed by atoms with E-state index in [1.54, 1.807) is 6.07 Å². The molecule has 0 heterocycles. The first-order valence-corrected chi connectivity index (χ1v) is 6.20. The molecule has 0 saturated carbocycles. The van der Waals surface area contributed by atoms with Crippen LogP contribution >= 0.6 is 0 Å². The van der Waals surface area contributed by atoms with Crippen LogP contribution in [0.15, 0.2) is 18.2 Å². The van der Waals surface area contributed by atoms with Gasteiger partial charge in [-0.15, -0.1) is 0 Å². The van der Waals surface area contributed by atoms with Gasteiger partial charge in [-0.25, -0.2) is 4.39 Å². The SMILES string of the molecule is CCNCC/C=C(/C)c1c(C)cc(C)cc1F. The van der Waals surface area contributed by atoms with E-state index in [0.29, 0.717) is 0 Å². The molecule has 1 aromatic rings. The maximum Gasteiger partial charge on any atom is 0.131 e. The monoisotopic (exact) mass is 235 g/mol. The third-order valence-electron chi connectivity index (χ3n) is 2.85. The summed E-state index contributed by atoms with van der Waals surface area (Å²) in [5, 5.41) is 3.26. The van der Waals surface area contributed by atoms with Crippen molar-refractivity contribution in [3.05, 3.63) is 40.7 Å². The van der Waals surface area contributed by atoms with Crippen molar-refractivity contribution in [1.82, 2.24) is 5.32 Å². The molecule has 1 nitrogen and oxygen atoms in total. The van der Waals surface area contributed by atoms with Crippen molar-refractivity contribution in [3.63, 3.8) is 0 Å². The fourth-order valence-corrected chi connectivity index (χ4v) is 2.08. The van der Waals surface area contributed by atoms with Crippen molar-refractivity contribution in [2.24, 2.45) is 0 Å². The molecule has 1 rings (SSSR count). The van der Waals surface area contributed by atoms with Crippen LogP contribution in [-0.4, -0.2) is 13.1 Å². The van der Waals surface area contributed by atoms with Gasteiger partial charge in [-0.05, 0) is 63.0 Å². The van der Waals surface area contributed by atoms with Crippen molar-refractivity contribution < 1.29 is 4.39 Å². The summed E-state index contributed by atoms with van der Waals surface area (Å²) in [6.45, 7) is 9.87. The maximum absolute atomic E-state index is 13.9. The predicted octanol–water partition coefficient (Wildman–Crippen LogP) is 3.85. The van der Waals surface area contributed by atoms with Crippen LogP contribution in [0.3, 0.4) is 0 Å². The number of aryl methyl sites for hydroxylation is 2. The van der Waals surface area contributed by atoms with E-state index in [4.69, 9.17) is 0 Å². The number of nitrogens with one attached hydrogen (secondary N) is 1. The minimum atomic E-state index is -0.111. The van der Waals surface area contributed by atoms with Gasteiger partial charge in [-0.2, -0.15) is 0 Å². The quantitative estimate of drug-likeness (QED) is 0.764. The summed E-state index contributed by atoms with van der Waals surface area (Å²) in [7, 11) is 0. The second kappa shape index (κ2) is 6.55. The zero-order chi connectivity index (χ0) is 12.8. The summed E-state index contributed by atoms with van der Waals surface area (Å²) >= 11 is 0. The Labute approximate surface area is 104 Å². The molecule has 0 spiro atoms. The Morgan fingerprint density at radius 3 is 2.65 bits per heavy atom. The average molecular weight is 235 g/mol. The van der Waals surface area contributed by atoms with Crippen LogP contribution in [0.4, 0.5) is 4.39 Å². The Balaban J connectivity index is 2.85. The van der Waals surface area contributed by atoms with E-state index in [1.807, 2.05) is 26.8 Å². The van der Waals surface area contributed by atoms with Crippen LogP contribution in [0.2, 0.25) is 0 Å². The Bertz CT molecular complexity index is 384. The lowest BCUT2D eigenvalue weighted by Gasteiger charge is -2.09. The van der Waals surface area contributed by atoms with Crippen LogP contribution in [0.25, 0.3) is 5.57 Å². The van der Waals surface area contributed by atoms with Crippen LogP contribution in [0.5, 0.6) is 0 Å². The highest BCUT2D eigenvalue weighted by Gasteiger charge is 2.08. The molecule has 0 amide bonds. The summed E-state index contributed by atoms with van der Waals surface area (Å²) in [4.78, 5) is 0. The van der Waals surface area contributed by atoms with Crippen LogP contribution < -0.4 is 5.32 Å². The number of hydrogen-bond donors (Lipinski definition) is 1. The molecule has 0 radical (unpaired) electrons. The fourth-order valence-electron chi connectivity index (χ4n) is 2.08. The molecular weight excluding hydrogens is 213 g/mol. The summed E-state index contributed by atoms with van der Waals surface area (Å²) in [6, 6.07) is 3.63. The minimum absolute atomic E-state index is 0.111. The minimum Gasteiger partial charge on any atom is -0.317 e. The van der Waals surface area contributed by atoms with Gasteiger partial charge in [0.05, 0.1) is 0 Å². The Kier molecular flexibility index (Phi) is 5.36. The van der Waals surface area contributed by atoms with E-state index in [9.17, 15) is 4.39 Å². The molecule has 0 bridgehead atoms. The van der Waals surface area contributed by atoms with E-state index >= 15 is 0 Å². The molecule has 17 heavy (non-hydrogen) atoms. The van der Waals surface area contributed by atoms with Gasteiger partial charge in [0, 0.05) is 5.56 Å². The van der Waals surface area contributed by atoms with E-state index in [1.165, 1.54) is 0 Å². The molecule has 0 saturated heterocycles. The average Bonchev–Trinajstić information content (AvgIpc) is 2.23. The van der Waals surface area contributed by atoms with Crippen LogP contribution in [-0.2, 0) is 0 Å². The molecule has 94 valence electrons. The van der Waals surface area contributed by atoms with Gasteiger partial charge in [0.1, 0.15) is 5.82 Å². The number of allylic oxidation sites excluding steroid dienone is 1. The first-order chi connectivity index (χ1) is 8.06. The molecule has 0 atom stereocenters. The first kappa shape index (κ1) is 13.9. The standard InChI is InChI=1S/C15H22FN/c1-5-17-8-6-7-12(3)15-13(4)9-11(2)10-14(15)16/h7,9-10,17H,5-6,8H2,1-4H3/b12-7-. The van der Waals surface area contributed by atoms with E-state index in [0.717, 1.165) is 41.8 Å². The lowest BCUT2D eigenvalue weighted by atomic mass is 9.98. The third-order valence-corrected chi connectivity index (χ3v) is 2.85. The Morgan fingerprint density at radius 1 is 1.35 bits per heavy atom. The topological polar surface area (TPSA) is 12.0 Å². The lowest BCUT2D eigenvalue weighted by Crippen LogP contribution is -2.13. The normalized spacial score (nSPS) is 11.9. The third kappa shape index (κ3) is 3.97. The predicted molar refractivity (Wildman–Crippen MR) is 72.7 cm³/mol. The first-order valence-electron chi connectivity index (χ1n) is 6.20. The molecule has 0 aliphatic carbocycles. The fraction of sp³-hybridized carbons (Fsp3) is 0.467. The van der Waals surface area contributed by atoms with Crippen molar-refractivity contribution in [2.45, 2.75) is 34.1 Å². The van der Waals surface area contributed by atoms with E-state index in [2.05, 4.69) is 18.3 Å². The van der Waals surface area contributed by atoms with Crippen molar-refractivity contribution in [1.29, 1.82) is 0 Å². The molecule has 2 heteroatoms. The summed E-state index contributed by atoms with van der Waals surface area (Å²) < 4.78 is 13.9. The molecule has 0 fully saturated rings. The van der Waals surface area contributed by atoms with E-state index in [-0.39, 0.29) is 5.82 Å². The molecule has 1 N–H and O–H groups in total. The van der Waals surface area contributed by atoms with Gasteiger partial charge in [-0.3, -0.25) is 0 Å². The summed E-state index contributed by atoms with van der Waals surface area (Å²) in [5.74, 6) is -0.111. The second-order valence-electron chi connectivity index (χ2n) is 4.47. The molecule has 0 unspecified atom stereocenters. The lowest BCUT2D eigenvalue weighted by molar-refractivity contribution is 0.621. The van der Waals surface area contributed by atoms with Gasteiger partial charge in [-0.1, -0.05) is 19.1 Å². The number of hydrogen-bond acceptors (Lipinski definition) is 1. The van der Waals surface area contributed by atoms with Crippen molar-refractivity contribution in [2.75, 3.05) is 13.1 Å². The van der Waals surface area contributed by atoms with Gasteiger partial charge >= 0.3 is 0 Å². The highest BCUT2D eigenvalue weighted by atomic mass is 19.1. The number of rotatable bonds is 5. The van der Waals surface area contributed by atoms with Crippen LogP contribution in [0, 0.1) is 19.7 Å². The second-order valence-corrected chi connectivity index (χ2v) is 4.47. The molecule has 1 aromatic carbocycles. The van der Waals surface area contributed by atoms with Gasteiger partial charge in [0.2, 0.25) is 0 Å². The van der Waals surface area contributed by atoms with Crippen LogP contribution in [0.1, 0.15) is 37.0 Å². The number of halogens is 1. The molecular formula is C15H22FN. The van der Waals surface area contributed by atoms with Gasteiger partial charge < -0.3 is 5.32 Å². The molecule has 0 aliphatic rings. The van der Waals surface area contributed by atoms with Crippen molar-refractivity contribution in [3.8, 4) is 0 Å². The highest BCUT2D eigenvalue weighted by molar-refractivity contribution is 5.67. The van der Waals surface area contributed by atoms with Gasteiger partial charge in [0.25, 0.3) is 0 Å². The van der Waals surface area contributed by atoms with E-state index < -0.39 is 0 Å². The highest BCUT2D eigenvalue weighted by Crippen LogP contribution is 2.23. The maximum atomic E-state index is 13.9. The zero-order valence-electron chi connectivity index (χ0n) is 11.2. The molecule has 0 aromatic heterocycles. The van der Waals surface area contributed by atoms with Gasteiger partial charge in [0.15, 0.2) is 0 Å². The Hall–Kier alpha value is -1.15. The smallest absolute Gasteiger partial charge is 0.131 e. The number of benzene rings is 1. The summed E-state index contributed by atoms with van der Waals surface area (Å²) in [5.41, 5.74) is 3.77.